The van der Waals surface area contributed by atoms with Crippen molar-refractivity contribution in [2.75, 3.05) is 7.11 Å². The highest BCUT2D eigenvalue weighted by molar-refractivity contribution is 9.10. The second kappa shape index (κ2) is 5.58. The van der Waals surface area contributed by atoms with Gasteiger partial charge in [0.25, 0.3) is 5.78 Å². The van der Waals surface area contributed by atoms with E-state index in [1.165, 1.54) is 12.1 Å². The van der Waals surface area contributed by atoms with Crippen LogP contribution in [0.15, 0.2) is 28.7 Å². The molecule has 0 aliphatic rings. The maximum absolute atomic E-state index is 13.4. The number of methoxy groups -OCH3 is 1. The number of aliphatic hydroxyl groups is 1. The molecule has 0 fully saturated rings. The van der Waals surface area contributed by atoms with Crippen LogP contribution >= 0.6 is 15.9 Å². The van der Waals surface area contributed by atoms with Gasteiger partial charge >= 0.3 is 5.97 Å². The molecule has 0 radical (unpaired) electrons. The van der Waals surface area contributed by atoms with Gasteiger partial charge in [0.15, 0.2) is 0 Å². The van der Waals surface area contributed by atoms with Crippen LogP contribution in [-0.4, -0.2) is 24.0 Å². The summed E-state index contributed by atoms with van der Waals surface area (Å²) in [6.45, 7) is 0. The van der Waals surface area contributed by atoms with E-state index >= 15 is 0 Å². The lowest BCUT2D eigenvalue weighted by Gasteiger charge is -2.02. The van der Waals surface area contributed by atoms with E-state index in [1.54, 1.807) is 0 Å². The summed E-state index contributed by atoms with van der Waals surface area (Å²) in [5.74, 6) is -3.54. The van der Waals surface area contributed by atoms with E-state index in [4.69, 9.17) is 0 Å². The Bertz CT molecular complexity index is 496. The lowest BCUT2D eigenvalue weighted by molar-refractivity contribution is -0.149. The minimum atomic E-state index is -1.13. The molecular weight excluding hydrogens is 295 g/mol. The van der Waals surface area contributed by atoms with E-state index in [1.807, 2.05) is 0 Å². The molecule has 0 aliphatic heterocycles. The Kier molecular flexibility index (Phi) is 4.39. The highest BCUT2D eigenvalue weighted by Crippen LogP contribution is 2.20. The molecule has 0 bridgehead atoms. The quantitative estimate of drug-likeness (QED) is 0.402. The van der Waals surface area contributed by atoms with E-state index in [9.17, 15) is 19.1 Å². The van der Waals surface area contributed by atoms with Gasteiger partial charge in [0.1, 0.15) is 11.6 Å². The number of esters is 1. The third kappa shape index (κ3) is 3.39. The lowest BCUT2D eigenvalue weighted by Crippen LogP contribution is -2.13. The summed E-state index contributed by atoms with van der Waals surface area (Å²) in [5.41, 5.74) is -0.176. The Balaban J connectivity index is 3.04. The van der Waals surface area contributed by atoms with Crippen molar-refractivity contribution in [3.63, 3.8) is 0 Å². The molecule has 1 N–H and O–H groups in total. The van der Waals surface area contributed by atoms with Gasteiger partial charge < -0.3 is 9.84 Å². The number of ketones is 1. The molecule has 17 heavy (non-hydrogen) atoms. The van der Waals surface area contributed by atoms with Crippen LogP contribution in [0.3, 0.4) is 0 Å². The van der Waals surface area contributed by atoms with E-state index in [2.05, 4.69) is 20.7 Å². The first-order valence-corrected chi connectivity index (χ1v) is 5.23. The van der Waals surface area contributed by atoms with Gasteiger partial charge in [-0.3, -0.25) is 4.79 Å². The number of carbonyl (C=O) groups excluding carboxylic acids is 2. The third-order valence-corrected chi connectivity index (χ3v) is 2.35. The molecule has 6 heteroatoms. The van der Waals surface area contributed by atoms with E-state index < -0.39 is 23.3 Å². The normalized spacial score (nSPS) is 11.1. The molecule has 1 aromatic carbocycles. The Morgan fingerprint density at radius 1 is 1.47 bits per heavy atom. The van der Waals surface area contributed by atoms with Gasteiger partial charge in [0.05, 0.1) is 12.7 Å². The minimum Gasteiger partial charge on any atom is -0.507 e. The monoisotopic (exact) mass is 302 g/mol. The van der Waals surface area contributed by atoms with Gasteiger partial charge in [-0.25, -0.2) is 9.18 Å². The number of halogens is 2. The van der Waals surface area contributed by atoms with Gasteiger partial charge in [-0.1, -0.05) is 15.9 Å². The fourth-order valence-corrected chi connectivity index (χ4v) is 1.39. The molecule has 4 nitrogen and oxygen atoms in total. The molecule has 0 aromatic heterocycles. The highest BCUT2D eigenvalue weighted by Gasteiger charge is 2.14. The minimum absolute atomic E-state index is 0.176. The molecule has 0 saturated carbocycles. The zero-order valence-electron chi connectivity index (χ0n) is 8.74. The first-order valence-electron chi connectivity index (χ1n) is 4.44. The molecule has 0 amide bonds. The summed E-state index contributed by atoms with van der Waals surface area (Å²) in [7, 11) is 1.03. The van der Waals surface area contributed by atoms with Crippen molar-refractivity contribution in [3.8, 4) is 0 Å². The highest BCUT2D eigenvalue weighted by atomic mass is 79.9. The number of hydrogen-bond donors (Lipinski definition) is 1. The largest absolute Gasteiger partial charge is 0.507 e. The number of carbonyl (C=O) groups is 2. The van der Waals surface area contributed by atoms with Crippen molar-refractivity contribution in [1.82, 2.24) is 0 Å². The molecule has 0 unspecified atom stereocenters. The summed E-state index contributed by atoms with van der Waals surface area (Å²) >= 11 is 3.05. The second-order valence-corrected chi connectivity index (χ2v) is 3.93. The van der Waals surface area contributed by atoms with Crippen molar-refractivity contribution in [1.29, 1.82) is 0 Å². The van der Waals surface area contributed by atoms with Crippen molar-refractivity contribution < 1.29 is 23.8 Å². The maximum Gasteiger partial charge on any atom is 0.378 e. The summed E-state index contributed by atoms with van der Waals surface area (Å²) in [4.78, 5) is 21.9. The molecule has 0 aliphatic carbocycles. The van der Waals surface area contributed by atoms with E-state index in [0.29, 0.717) is 10.5 Å². The van der Waals surface area contributed by atoms with Crippen molar-refractivity contribution in [2.24, 2.45) is 0 Å². The van der Waals surface area contributed by atoms with Crippen LogP contribution in [0, 0.1) is 5.82 Å². The lowest BCUT2D eigenvalue weighted by atomic mass is 10.1. The van der Waals surface area contributed by atoms with Crippen molar-refractivity contribution >= 4 is 33.4 Å². The average molecular weight is 303 g/mol. The number of rotatable bonds is 3. The Labute approximate surface area is 105 Å². The average Bonchev–Trinajstić information content (AvgIpc) is 2.27. The van der Waals surface area contributed by atoms with E-state index in [0.717, 1.165) is 13.2 Å². The van der Waals surface area contributed by atoms with Crippen LogP contribution in [0.1, 0.15) is 5.56 Å². The van der Waals surface area contributed by atoms with Crippen LogP contribution in [-0.2, 0) is 14.3 Å². The second-order valence-electron chi connectivity index (χ2n) is 3.01. The molecule has 90 valence electrons. The Hall–Kier alpha value is -1.69. The van der Waals surface area contributed by atoms with Crippen LogP contribution in [0.25, 0.3) is 5.76 Å². The van der Waals surface area contributed by atoms with Gasteiger partial charge in [-0.05, 0) is 18.2 Å². The van der Waals surface area contributed by atoms with Gasteiger partial charge in [0.2, 0.25) is 0 Å². The molecule has 0 saturated heterocycles. The first-order chi connectivity index (χ1) is 7.95. The summed E-state index contributed by atoms with van der Waals surface area (Å²) in [6, 6.07) is 3.89. The van der Waals surface area contributed by atoms with Crippen LogP contribution in [0.2, 0.25) is 0 Å². The van der Waals surface area contributed by atoms with Crippen molar-refractivity contribution in [2.45, 2.75) is 0 Å². The topological polar surface area (TPSA) is 63.6 Å². The standard InChI is InChI=1S/C11H8BrFO4/c1-17-11(16)10(15)5-9(14)7-3-2-6(12)4-8(7)13/h2-5,14H,1H3/b9-5-. The van der Waals surface area contributed by atoms with Crippen LogP contribution in [0.4, 0.5) is 4.39 Å². The molecule has 0 atom stereocenters. The smallest absolute Gasteiger partial charge is 0.378 e. The van der Waals surface area contributed by atoms with Crippen LogP contribution < -0.4 is 0 Å². The maximum atomic E-state index is 13.4. The predicted molar refractivity (Wildman–Crippen MR) is 61.7 cm³/mol. The molecule has 0 heterocycles. The van der Waals surface area contributed by atoms with E-state index in [-0.39, 0.29) is 5.56 Å². The number of aliphatic hydroxyl groups excluding tert-OH is 1. The third-order valence-electron chi connectivity index (χ3n) is 1.86. The summed E-state index contributed by atoms with van der Waals surface area (Å²) < 4.78 is 18.0. The molecule has 0 spiro atoms. The Morgan fingerprint density at radius 2 is 2.12 bits per heavy atom. The molecule has 1 rings (SSSR count). The number of ether oxygens (including phenoxy) is 1. The Morgan fingerprint density at radius 3 is 2.65 bits per heavy atom. The zero-order chi connectivity index (χ0) is 13.0. The molecular formula is C11H8BrFO4. The first kappa shape index (κ1) is 13.4. The zero-order valence-corrected chi connectivity index (χ0v) is 10.3. The summed E-state index contributed by atoms with van der Waals surface area (Å²) in [6.07, 6.45) is 0.609. The fraction of sp³-hybridized carbons (Fsp3) is 0.0909. The number of benzene rings is 1. The number of hydrogen-bond acceptors (Lipinski definition) is 4. The van der Waals surface area contributed by atoms with Crippen molar-refractivity contribution in [3.05, 3.63) is 40.1 Å². The van der Waals surface area contributed by atoms with Crippen LogP contribution in [0.5, 0.6) is 0 Å². The summed E-state index contributed by atoms with van der Waals surface area (Å²) in [5, 5.41) is 9.48. The van der Waals surface area contributed by atoms with Gasteiger partial charge in [-0.2, -0.15) is 0 Å². The van der Waals surface area contributed by atoms with Gasteiger partial charge in [-0.15, -0.1) is 0 Å². The fourth-order valence-electron chi connectivity index (χ4n) is 1.06. The SMILES string of the molecule is COC(=O)C(=O)/C=C(\O)c1ccc(Br)cc1F. The molecule has 1 aromatic rings. The predicted octanol–water partition coefficient (Wildman–Crippen LogP) is 2.23. The van der Waals surface area contributed by atoms with Gasteiger partial charge in [0, 0.05) is 10.5 Å².